The molecular formula is C17H34N2O2S. The Kier molecular flexibility index (Phi) is 9.25. The molecular weight excluding hydrogens is 296 g/mol. The number of carbonyl (C=O) groups is 1. The molecule has 1 aliphatic heterocycles. The summed E-state index contributed by atoms with van der Waals surface area (Å²) >= 11 is 1.93. The Labute approximate surface area is 140 Å². The van der Waals surface area contributed by atoms with Gasteiger partial charge in [0, 0.05) is 19.1 Å². The third kappa shape index (κ3) is 8.28. The highest BCUT2D eigenvalue weighted by Gasteiger charge is 2.31. The summed E-state index contributed by atoms with van der Waals surface area (Å²) in [5.74, 6) is 1.28. The summed E-state index contributed by atoms with van der Waals surface area (Å²) < 4.78 is 5.49. The zero-order valence-electron chi connectivity index (χ0n) is 14.8. The van der Waals surface area contributed by atoms with Crippen molar-refractivity contribution in [2.75, 3.05) is 31.6 Å². The largest absolute Gasteiger partial charge is 0.444 e. The van der Waals surface area contributed by atoms with Gasteiger partial charge in [0.25, 0.3) is 0 Å². The summed E-state index contributed by atoms with van der Waals surface area (Å²) in [7, 11) is 0. The number of amides is 1. The lowest BCUT2D eigenvalue weighted by atomic mass is 10.2. The van der Waals surface area contributed by atoms with Gasteiger partial charge in [0.05, 0.1) is 0 Å². The van der Waals surface area contributed by atoms with Crippen molar-refractivity contribution in [3.05, 3.63) is 0 Å². The van der Waals surface area contributed by atoms with Gasteiger partial charge in [0.2, 0.25) is 0 Å². The second kappa shape index (κ2) is 10.4. The van der Waals surface area contributed by atoms with E-state index in [0.717, 1.165) is 32.5 Å². The van der Waals surface area contributed by atoms with Crippen molar-refractivity contribution in [3.8, 4) is 0 Å². The van der Waals surface area contributed by atoms with E-state index in [1.54, 1.807) is 0 Å². The third-order valence-electron chi connectivity index (χ3n) is 3.84. The molecule has 0 aromatic heterocycles. The smallest absolute Gasteiger partial charge is 0.410 e. The third-order valence-corrected chi connectivity index (χ3v) is 4.53. The molecule has 0 saturated carbocycles. The second-order valence-corrected chi connectivity index (χ2v) is 8.07. The van der Waals surface area contributed by atoms with E-state index < -0.39 is 5.60 Å². The quantitative estimate of drug-likeness (QED) is 0.651. The molecule has 1 rings (SSSR count). The summed E-state index contributed by atoms with van der Waals surface area (Å²) in [6.07, 6.45) is 9.36. The van der Waals surface area contributed by atoms with Gasteiger partial charge in [-0.1, -0.05) is 12.8 Å². The highest BCUT2D eigenvalue weighted by atomic mass is 32.2. The molecule has 1 aliphatic rings. The zero-order valence-corrected chi connectivity index (χ0v) is 15.6. The van der Waals surface area contributed by atoms with Crippen LogP contribution in [0.2, 0.25) is 0 Å². The van der Waals surface area contributed by atoms with Crippen LogP contribution in [0.4, 0.5) is 4.79 Å². The van der Waals surface area contributed by atoms with Gasteiger partial charge >= 0.3 is 6.09 Å². The fraction of sp³-hybridized carbons (Fsp3) is 0.941. The van der Waals surface area contributed by atoms with Crippen molar-refractivity contribution in [1.82, 2.24) is 10.2 Å². The van der Waals surface area contributed by atoms with E-state index in [1.165, 1.54) is 31.4 Å². The molecule has 0 aliphatic carbocycles. The second-order valence-electron chi connectivity index (χ2n) is 7.08. The minimum absolute atomic E-state index is 0.158. The predicted octanol–water partition coefficient (Wildman–Crippen LogP) is 3.90. The van der Waals surface area contributed by atoms with E-state index in [-0.39, 0.29) is 6.09 Å². The van der Waals surface area contributed by atoms with E-state index in [2.05, 4.69) is 11.6 Å². The summed E-state index contributed by atoms with van der Waals surface area (Å²) in [5.41, 5.74) is -0.408. The Morgan fingerprint density at radius 3 is 2.68 bits per heavy atom. The van der Waals surface area contributed by atoms with Crippen LogP contribution in [0.3, 0.4) is 0 Å². The number of likely N-dealkylation sites (tertiary alicyclic amines) is 1. The maximum Gasteiger partial charge on any atom is 0.410 e. The Hall–Kier alpha value is -0.420. The van der Waals surface area contributed by atoms with Crippen molar-refractivity contribution in [3.63, 3.8) is 0 Å². The number of hydrogen-bond donors (Lipinski definition) is 1. The van der Waals surface area contributed by atoms with Crippen LogP contribution >= 0.6 is 11.8 Å². The molecule has 0 bridgehead atoms. The molecule has 1 atom stereocenters. The lowest BCUT2D eigenvalue weighted by Gasteiger charge is -2.28. The Morgan fingerprint density at radius 1 is 1.27 bits per heavy atom. The lowest BCUT2D eigenvalue weighted by Crippen LogP contribution is -2.44. The van der Waals surface area contributed by atoms with Crippen LogP contribution in [0, 0.1) is 0 Å². The fourth-order valence-corrected chi connectivity index (χ4v) is 3.22. The molecule has 0 aromatic carbocycles. The van der Waals surface area contributed by atoms with Crippen LogP contribution in [-0.2, 0) is 4.74 Å². The van der Waals surface area contributed by atoms with Gasteiger partial charge in [-0.3, -0.25) is 0 Å². The van der Waals surface area contributed by atoms with Crippen molar-refractivity contribution in [1.29, 1.82) is 0 Å². The number of carbonyl (C=O) groups excluding carboxylic acids is 1. The topological polar surface area (TPSA) is 41.6 Å². The number of nitrogens with zero attached hydrogens (tertiary/aromatic N) is 1. The first kappa shape index (κ1) is 19.6. The van der Waals surface area contributed by atoms with Crippen LogP contribution in [0.1, 0.15) is 59.3 Å². The molecule has 130 valence electrons. The van der Waals surface area contributed by atoms with Gasteiger partial charge in [-0.25, -0.2) is 4.79 Å². The maximum atomic E-state index is 12.2. The van der Waals surface area contributed by atoms with Gasteiger partial charge in [-0.2, -0.15) is 11.8 Å². The predicted molar refractivity (Wildman–Crippen MR) is 95.7 cm³/mol. The maximum absolute atomic E-state index is 12.2. The van der Waals surface area contributed by atoms with Crippen molar-refractivity contribution < 1.29 is 9.53 Å². The van der Waals surface area contributed by atoms with Crippen molar-refractivity contribution in [2.24, 2.45) is 0 Å². The summed E-state index contributed by atoms with van der Waals surface area (Å²) in [6, 6.07) is 0.298. The molecule has 0 aromatic rings. The van der Waals surface area contributed by atoms with Crippen LogP contribution in [0.15, 0.2) is 0 Å². The minimum Gasteiger partial charge on any atom is -0.444 e. The average Bonchev–Trinajstić information content (AvgIpc) is 2.88. The van der Waals surface area contributed by atoms with E-state index >= 15 is 0 Å². The molecule has 4 nitrogen and oxygen atoms in total. The summed E-state index contributed by atoms with van der Waals surface area (Å²) in [6.45, 7) is 8.54. The molecule has 0 spiro atoms. The first-order valence-corrected chi connectivity index (χ1v) is 10.0. The van der Waals surface area contributed by atoms with Crippen molar-refractivity contribution >= 4 is 17.9 Å². The van der Waals surface area contributed by atoms with Crippen molar-refractivity contribution in [2.45, 2.75) is 70.9 Å². The van der Waals surface area contributed by atoms with Gasteiger partial charge in [0.1, 0.15) is 5.60 Å². The average molecular weight is 331 g/mol. The van der Waals surface area contributed by atoms with Crippen LogP contribution in [-0.4, -0.2) is 54.3 Å². The lowest BCUT2D eigenvalue weighted by molar-refractivity contribution is 0.0226. The number of unbranched alkanes of at least 4 members (excludes halogenated alkanes) is 3. The summed E-state index contributed by atoms with van der Waals surface area (Å²) in [5, 5.41) is 3.51. The minimum atomic E-state index is -0.408. The number of hydrogen-bond acceptors (Lipinski definition) is 4. The molecule has 22 heavy (non-hydrogen) atoms. The normalized spacial score (nSPS) is 18.7. The zero-order chi connectivity index (χ0) is 16.4. The van der Waals surface area contributed by atoms with Crippen LogP contribution in [0.25, 0.3) is 0 Å². The molecule has 1 heterocycles. The van der Waals surface area contributed by atoms with Crippen LogP contribution < -0.4 is 5.32 Å². The highest BCUT2D eigenvalue weighted by molar-refractivity contribution is 7.98. The SMILES string of the molecule is CSCCCCCCNCC1CCCN1C(=O)OC(C)(C)C. The number of nitrogens with one attached hydrogen (secondary N) is 1. The Balaban J connectivity index is 2.15. The molecule has 1 fully saturated rings. The van der Waals surface area contributed by atoms with Crippen LogP contribution in [0.5, 0.6) is 0 Å². The molecule has 5 heteroatoms. The standard InChI is InChI=1S/C17H34N2O2S/c1-17(2,3)21-16(20)19-12-9-10-15(19)14-18-11-7-5-6-8-13-22-4/h15,18H,5-14H2,1-4H3. The van der Waals surface area contributed by atoms with Gasteiger partial charge < -0.3 is 15.0 Å². The summed E-state index contributed by atoms with van der Waals surface area (Å²) in [4.78, 5) is 14.1. The van der Waals surface area contributed by atoms with E-state index in [0.29, 0.717) is 6.04 Å². The molecule has 1 amide bonds. The highest BCUT2D eigenvalue weighted by Crippen LogP contribution is 2.20. The molecule has 1 unspecified atom stereocenters. The Bertz CT molecular complexity index is 318. The molecule has 0 radical (unpaired) electrons. The molecule has 1 N–H and O–H groups in total. The van der Waals surface area contributed by atoms with E-state index in [4.69, 9.17) is 4.74 Å². The number of ether oxygens (including phenoxy) is 1. The van der Waals surface area contributed by atoms with Gasteiger partial charge in [0.15, 0.2) is 0 Å². The number of rotatable bonds is 9. The first-order valence-electron chi connectivity index (χ1n) is 8.63. The molecule has 1 saturated heterocycles. The Morgan fingerprint density at radius 2 is 2.00 bits per heavy atom. The fourth-order valence-electron chi connectivity index (χ4n) is 2.73. The van der Waals surface area contributed by atoms with Gasteiger partial charge in [-0.15, -0.1) is 0 Å². The van der Waals surface area contributed by atoms with E-state index in [9.17, 15) is 4.79 Å². The van der Waals surface area contributed by atoms with Gasteiger partial charge in [-0.05, 0) is 65.0 Å². The monoisotopic (exact) mass is 330 g/mol. The van der Waals surface area contributed by atoms with E-state index in [1.807, 2.05) is 37.4 Å². The first-order chi connectivity index (χ1) is 10.4. The number of thioether (sulfide) groups is 1.